The molecule has 18 heavy (non-hydrogen) atoms. The van der Waals surface area contributed by atoms with Crippen LogP contribution in [0.4, 0.5) is 8.78 Å². The van der Waals surface area contributed by atoms with Gasteiger partial charge in [0.2, 0.25) is 0 Å². The highest BCUT2D eigenvalue weighted by Gasteiger charge is 2.14. The second kappa shape index (κ2) is 7.71. The molecule has 0 bridgehead atoms. The lowest BCUT2D eigenvalue weighted by Gasteiger charge is -2.21. The highest BCUT2D eigenvalue weighted by Crippen LogP contribution is 2.18. The number of halogens is 2. The number of aliphatic hydroxyl groups excluding tert-OH is 1. The normalized spacial score (nSPS) is 14.8. The van der Waals surface area contributed by atoms with Crippen molar-refractivity contribution in [2.24, 2.45) is 0 Å². The fourth-order valence-corrected chi connectivity index (χ4v) is 2.28. The van der Waals surface area contributed by atoms with Crippen molar-refractivity contribution >= 4 is 11.8 Å². The first-order valence-electron chi connectivity index (χ1n) is 5.82. The van der Waals surface area contributed by atoms with Gasteiger partial charge < -0.3 is 10.4 Å². The summed E-state index contributed by atoms with van der Waals surface area (Å²) in [5, 5.41) is 12.6. The summed E-state index contributed by atoms with van der Waals surface area (Å²) >= 11 is 1.61. The molecule has 0 fully saturated rings. The maximum Gasteiger partial charge on any atom is 0.263 e. The molecule has 2 nitrogen and oxygen atoms in total. The molecule has 0 saturated heterocycles. The van der Waals surface area contributed by atoms with Crippen molar-refractivity contribution in [3.05, 3.63) is 35.4 Å². The van der Waals surface area contributed by atoms with Crippen molar-refractivity contribution in [3.63, 3.8) is 0 Å². The van der Waals surface area contributed by atoms with Crippen molar-refractivity contribution in [1.29, 1.82) is 0 Å². The molecule has 102 valence electrons. The van der Waals surface area contributed by atoms with Crippen molar-refractivity contribution in [1.82, 2.24) is 5.32 Å². The average Bonchev–Trinajstić information content (AvgIpc) is 2.38. The lowest BCUT2D eigenvalue weighted by atomic mass is 10.1. The molecule has 0 amide bonds. The predicted molar refractivity (Wildman–Crippen MR) is 72.1 cm³/mol. The Morgan fingerprint density at radius 2 is 1.89 bits per heavy atom. The number of rotatable bonds is 7. The number of aliphatic hydroxyl groups is 1. The van der Waals surface area contributed by atoms with Gasteiger partial charge >= 0.3 is 0 Å². The standard InChI is InChI=1S/C13H19F2NOS/c1-9(12(8-17)18-2)16-7-10-3-5-11(6-4-10)13(14)15/h3-6,9,12-13,16-17H,7-8H2,1-2H3. The quantitative estimate of drug-likeness (QED) is 0.802. The molecular formula is C13H19F2NOS. The molecule has 2 N–H and O–H groups in total. The molecule has 0 aliphatic rings. The minimum Gasteiger partial charge on any atom is -0.395 e. The number of alkyl halides is 2. The lowest BCUT2D eigenvalue weighted by molar-refractivity contribution is 0.151. The summed E-state index contributed by atoms with van der Waals surface area (Å²) in [6.07, 6.45) is -0.461. The third-order valence-corrected chi connectivity index (χ3v) is 4.06. The van der Waals surface area contributed by atoms with E-state index < -0.39 is 6.43 Å². The van der Waals surface area contributed by atoms with Crippen molar-refractivity contribution in [3.8, 4) is 0 Å². The van der Waals surface area contributed by atoms with Crippen LogP contribution in [-0.4, -0.2) is 29.3 Å². The van der Waals surface area contributed by atoms with Crippen LogP contribution in [0.1, 0.15) is 24.5 Å². The number of hydrogen-bond donors (Lipinski definition) is 2. The third kappa shape index (κ3) is 4.55. The van der Waals surface area contributed by atoms with E-state index in [1.807, 2.05) is 13.2 Å². The molecule has 1 aromatic carbocycles. The van der Waals surface area contributed by atoms with Crippen LogP contribution in [0.3, 0.4) is 0 Å². The van der Waals surface area contributed by atoms with Gasteiger partial charge in [0.05, 0.1) is 6.61 Å². The van der Waals surface area contributed by atoms with E-state index in [0.29, 0.717) is 6.54 Å². The summed E-state index contributed by atoms with van der Waals surface area (Å²) in [5.74, 6) is 0. The van der Waals surface area contributed by atoms with Gasteiger partial charge in [-0.3, -0.25) is 0 Å². The van der Waals surface area contributed by atoms with Gasteiger partial charge in [0, 0.05) is 23.4 Å². The summed E-state index contributed by atoms with van der Waals surface area (Å²) in [7, 11) is 0. The van der Waals surface area contributed by atoms with E-state index in [9.17, 15) is 8.78 Å². The zero-order valence-electron chi connectivity index (χ0n) is 10.6. The zero-order valence-corrected chi connectivity index (χ0v) is 11.4. The Morgan fingerprint density at radius 1 is 1.28 bits per heavy atom. The highest BCUT2D eigenvalue weighted by atomic mass is 32.2. The minimum absolute atomic E-state index is 0.0455. The number of benzene rings is 1. The van der Waals surface area contributed by atoms with Crippen LogP contribution in [0.5, 0.6) is 0 Å². The van der Waals surface area contributed by atoms with Crippen molar-refractivity contribution in [2.45, 2.75) is 31.2 Å². The minimum atomic E-state index is -2.42. The Kier molecular flexibility index (Phi) is 6.60. The van der Waals surface area contributed by atoms with Gasteiger partial charge in [-0.05, 0) is 18.7 Å². The molecule has 5 heteroatoms. The summed E-state index contributed by atoms with van der Waals surface area (Å²) in [5.41, 5.74) is 1.01. The van der Waals surface area contributed by atoms with Crippen LogP contribution in [-0.2, 0) is 6.54 Å². The molecule has 0 aliphatic carbocycles. The van der Waals surface area contributed by atoms with E-state index in [-0.39, 0.29) is 23.5 Å². The van der Waals surface area contributed by atoms with Crippen molar-refractivity contribution in [2.75, 3.05) is 12.9 Å². The molecule has 1 aromatic rings. The van der Waals surface area contributed by atoms with Crippen LogP contribution >= 0.6 is 11.8 Å². The fourth-order valence-electron chi connectivity index (χ4n) is 1.63. The Balaban J connectivity index is 2.48. The van der Waals surface area contributed by atoms with Gasteiger partial charge in [-0.1, -0.05) is 24.3 Å². The highest BCUT2D eigenvalue weighted by molar-refractivity contribution is 7.99. The molecular weight excluding hydrogens is 256 g/mol. The maximum atomic E-state index is 12.4. The molecule has 0 aliphatic heterocycles. The van der Waals surface area contributed by atoms with Crippen LogP contribution in [0.15, 0.2) is 24.3 Å². The molecule has 0 aromatic heterocycles. The van der Waals surface area contributed by atoms with E-state index in [1.165, 1.54) is 12.1 Å². The third-order valence-electron chi connectivity index (χ3n) is 2.90. The van der Waals surface area contributed by atoms with E-state index in [0.717, 1.165) is 5.56 Å². The van der Waals surface area contributed by atoms with Gasteiger partial charge in [-0.2, -0.15) is 11.8 Å². The zero-order chi connectivity index (χ0) is 13.5. The summed E-state index contributed by atoms with van der Waals surface area (Å²) in [4.78, 5) is 0. The summed E-state index contributed by atoms with van der Waals surface area (Å²) in [6, 6.07) is 6.47. The number of thioether (sulfide) groups is 1. The average molecular weight is 275 g/mol. The first kappa shape index (κ1) is 15.4. The Morgan fingerprint density at radius 3 is 2.33 bits per heavy atom. The van der Waals surface area contributed by atoms with E-state index in [4.69, 9.17) is 5.11 Å². The topological polar surface area (TPSA) is 32.3 Å². The predicted octanol–water partition coefficient (Wildman–Crippen LogP) is 2.83. The van der Waals surface area contributed by atoms with Gasteiger partial charge in [0.25, 0.3) is 6.43 Å². The van der Waals surface area contributed by atoms with Gasteiger partial charge in [0.1, 0.15) is 0 Å². The van der Waals surface area contributed by atoms with E-state index >= 15 is 0 Å². The summed E-state index contributed by atoms with van der Waals surface area (Å²) < 4.78 is 24.7. The SMILES string of the molecule is CSC(CO)C(C)NCc1ccc(C(F)F)cc1. The maximum absolute atomic E-state index is 12.4. The van der Waals surface area contributed by atoms with E-state index in [2.05, 4.69) is 5.32 Å². The first-order chi connectivity index (χ1) is 8.58. The van der Waals surface area contributed by atoms with Crippen LogP contribution in [0, 0.1) is 0 Å². The van der Waals surface area contributed by atoms with Gasteiger partial charge in [-0.25, -0.2) is 8.78 Å². The molecule has 2 atom stereocenters. The molecule has 0 saturated carbocycles. The smallest absolute Gasteiger partial charge is 0.263 e. The number of hydrogen-bond acceptors (Lipinski definition) is 3. The molecule has 2 unspecified atom stereocenters. The van der Waals surface area contributed by atoms with Gasteiger partial charge in [0.15, 0.2) is 0 Å². The Labute approximate surface area is 111 Å². The molecule has 1 rings (SSSR count). The lowest BCUT2D eigenvalue weighted by Crippen LogP contribution is -2.37. The second-order valence-corrected chi connectivity index (χ2v) is 5.25. The van der Waals surface area contributed by atoms with Crippen molar-refractivity contribution < 1.29 is 13.9 Å². The first-order valence-corrected chi connectivity index (χ1v) is 7.11. The van der Waals surface area contributed by atoms with Crippen LogP contribution in [0.25, 0.3) is 0 Å². The molecule has 0 spiro atoms. The molecule has 0 heterocycles. The number of nitrogens with one attached hydrogen (secondary N) is 1. The van der Waals surface area contributed by atoms with Crippen LogP contribution in [0.2, 0.25) is 0 Å². The molecule has 0 radical (unpaired) electrons. The van der Waals surface area contributed by atoms with Crippen LogP contribution < -0.4 is 5.32 Å². The van der Waals surface area contributed by atoms with E-state index in [1.54, 1.807) is 23.9 Å². The Bertz CT molecular complexity index is 341. The fraction of sp³-hybridized carbons (Fsp3) is 0.538. The van der Waals surface area contributed by atoms with Gasteiger partial charge in [-0.15, -0.1) is 0 Å². The largest absolute Gasteiger partial charge is 0.395 e. The summed E-state index contributed by atoms with van der Waals surface area (Å²) in [6.45, 7) is 2.74. The second-order valence-electron chi connectivity index (χ2n) is 4.17. The Hall–Kier alpha value is -0.650. The monoisotopic (exact) mass is 275 g/mol.